The molecule has 1 atom stereocenters. The Labute approximate surface area is 256 Å². The largest absolute Gasteiger partial charge is 0.460 e. The number of carbonyl (C=O) groups excluding carboxylic acids is 1. The Morgan fingerprint density at radius 1 is 0.396 bits per heavy atom. The number of halogens is 27. The highest BCUT2D eigenvalue weighted by atomic mass is 79.9. The predicted octanol–water partition coefficient (Wildman–Crippen LogP) is 11.1. The summed E-state index contributed by atoms with van der Waals surface area (Å²) in [5.41, 5.74) is 0. The minimum atomic E-state index is -8.22. The Bertz CT molecular complexity index is 1120. The molecule has 1 unspecified atom stereocenters. The maximum Gasteiger partial charge on any atom is 0.460 e. The molecular weight excluding hydrogens is 830 g/mol. The van der Waals surface area contributed by atoms with Crippen molar-refractivity contribution in [1.82, 2.24) is 0 Å². The van der Waals surface area contributed by atoms with Crippen LogP contribution in [0.2, 0.25) is 0 Å². The number of alkyl halides is 27. The molecule has 0 aliphatic rings. The van der Waals surface area contributed by atoms with Crippen molar-refractivity contribution < 1.29 is 119 Å². The molecule has 1 nitrogen and oxygen atoms in total. The van der Waals surface area contributed by atoms with Crippen LogP contribution in [-0.4, -0.2) is 82.2 Å². The number of ketones is 1. The van der Waals surface area contributed by atoms with E-state index in [0.29, 0.717) is 0 Å². The van der Waals surface area contributed by atoms with Gasteiger partial charge in [-0.3, -0.25) is 4.79 Å². The van der Waals surface area contributed by atoms with Gasteiger partial charge < -0.3 is 0 Å². The summed E-state index contributed by atoms with van der Waals surface area (Å²) in [4.78, 5) is 9.64. The van der Waals surface area contributed by atoms with Crippen molar-refractivity contribution in [2.75, 3.05) is 0 Å². The van der Waals surface area contributed by atoms with Gasteiger partial charge in [-0.2, -0.15) is 114 Å². The van der Waals surface area contributed by atoms with Crippen molar-refractivity contribution in [2.24, 2.45) is 0 Å². The highest BCUT2D eigenvalue weighted by Crippen LogP contribution is 2.62. The summed E-state index contributed by atoms with van der Waals surface area (Å²) < 4.78 is 340. The maximum atomic E-state index is 13.8. The molecule has 28 heteroatoms. The highest BCUT2D eigenvalue weighted by molar-refractivity contribution is 9.10. The number of hydrogen-bond donors (Lipinski definition) is 0. The molecular formula is C20H13BrF26O. The molecule has 0 heterocycles. The second-order valence-corrected chi connectivity index (χ2v) is 10.8. The molecule has 0 aromatic rings. The summed E-state index contributed by atoms with van der Waals surface area (Å²) in [6.45, 7) is 0. The molecule has 0 fully saturated rings. The molecule has 288 valence electrons. The van der Waals surface area contributed by atoms with E-state index in [1.54, 1.807) is 0 Å². The van der Waals surface area contributed by atoms with E-state index in [-0.39, 0.29) is 0 Å². The van der Waals surface area contributed by atoms with E-state index in [1.807, 2.05) is 0 Å². The summed E-state index contributed by atoms with van der Waals surface area (Å²) in [5.74, 6) is -79.1. The molecule has 0 aromatic carbocycles. The van der Waals surface area contributed by atoms with Crippen LogP contribution < -0.4 is 0 Å². The Morgan fingerprint density at radius 3 is 0.917 bits per heavy atom. The maximum absolute atomic E-state index is 13.8. The molecule has 0 spiro atoms. The molecule has 0 radical (unpaired) electrons. The molecule has 0 aromatic heterocycles. The van der Waals surface area contributed by atoms with E-state index >= 15 is 0 Å². The second-order valence-electron chi connectivity index (χ2n) is 9.68. The van der Waals surface area contributed by atoms with Gasteiger partial charge in [0.25, 0.3) is 0 Å². The fourth-order valence-electron chi connectivity index (χ4n) is 3.22. The lowest BCUT2D eigenvalue weighted by molar-refractivity contribution is -0.440. The number of hydrogen-bond acceptors (Lipinski definition) is 1. The zero-order valence-electron chi connectivity index (χ0n) is 21.9. The van der Waals surface area contributed by atoms with E-state index in [1.165, 1.54) is 0 Å². The van der Waals surface area contributed by atoms with E-state index in [9.17, 15) is 119 Å². The van der Waals surface area contributed by atoms with Crippen molar-refractivity contribution in [2.45, 2.75) is 115 Å². The first kappa shape index (κ1) is 46.3. The third kappa shape index (κ3) is 7.36. The molecule has 0 amide bonds. The number of rotatable bonds is 17. The Morgan fingerprint density at radius 2 is 0.646 bits per heavy atom. The lowest BCUT2D eigenvalue weighted by atomic mass is 9.90. The van der Waals surface area contributed by atoms with Crippen LogP contribution in [-0.2, 0) is 4.79 Å². The molecule has 0 N–H and O–H groups in total. The predicted molar refractivity (Wildman–Crippen MR) is 107 cm³/mol. The van der Waals surface area contributed by atoms with Crippen molar-refractivity contribution in [3.63, 3.8) is 0 Å². The van der Waals surface area contributed by atoms with E-state index in [2.05, 4.69) is 15.9 Å². The Hall–Kier alpha value is -1.67. The third-order valence-corrected chi connectivity index (χ3v) is 7.18. The first-order valence-electron chi connectivity index (χ1n) is 11.6. The van der Waals surface area contributed by atoms with Crippen molar-refractivity contribution >= 4 is 21.7 Å². The first-order chi connectivity index (χ1) is 20.5. The van der Waals surface area contributed by atoms with E-state index in [0.717, 1.165) is 0 Å². The monoisotopic (exact) mass is 842 g/mol. The zero-order valence-corrected chi connectivity index (χ0v) is 23.5. The number of carbonyl (C=O) groups is 1. The molecule has 0 saturated carbocycles. The highest BCUT2D eigenvalue weighted by Gasteiger charge is 2.92. The van der Waals surface area contributed by atoms with Crippen LogP contribution in [0.15, 0.2) is 0 Å². The first-order valence-corrected chi connectivity index (χ1v) is 12.5. The lowest BCUT2D eigenvalue weighted by Crippen LogP contribution is -2.70. The van der Waals surface area contributed by atoms with Crippen LogP contribution in [0.25, 0.3) is 0 Å². The molecule has 0 aliphatic carbocycles. The van der Waals surface area contributed by atoms with Crippen LogP contribution in [0, 0.1) is 0 Å². The van der Waals surface area contributed by atoms with Crippen LogP contribution >= 0.6 is 15.9 Å². The van der Waals surface area contributed by atoms with Gasteiger partial charge >= 0.3 is 71.6 Å². The third-order valence-electron chi connectivity index (χ3n) is 6.21. The Balaban J connectivity index is 5.63. The van der Waals surface area contributed by atoms with Crippen molar-refractivity contribution in [3.8, 4) is 0 Å². The summed E-state index contributed by atoms with van der Waals surface area (Å²) in [6.07, 6.45) is -27.8. The fourth-order valence-corrected chi connectivity index (χ4v) is 3.78. The van der Waals surface area contributed by atoms with Gasteiger partial charge in [0.1, 0.15) is 5.78 Å². The van der Waals surface area contributed by atoms with Gasteiger partial charge in [-0.1, -0.05) is 15.9 Å². The van der Waals surface area contributed by atoms with Gasteiger partial charge in [0.15, 0.2) is 0 Å². The minimum absolute atomic E-state index is 1.41. The summed E-state index contributed by atoms with van der Waals surface area (Å²) in [7, 11) is 0. The Kier molecular flexibility index (Phi) is 12.7. The summed E-state index contributed by atoms with van der Waals surface area (Å²) in [5, 5.41) is 0. The van der Waals surface area contributed by atoms with Gasteiger partial charge in [0, 0.05) is 19.3 Å². The standard InChI is InChI=1S/C20H13BrF26O/c21-7(3-1-5-9(22,23)11(26,27)13(30,31)15(34,35)17(38,39)19(42,43)44)8(48)4-2-6-10(24,25)12(28,29)14(32,33)16(36,37)18(40,41)20(45,46)47/h7H,1-6H2. The molecule has 0 saturated heterocycles. The normalized spacial score (nSPS) is 16.7. The van der Waals surface area contributed by atoms with Gasteiger partial charge in [-0.05, 0) is 19.3 Å². The average molecular weight is 843 g/mol. The van der Waals surface area contributed by atoms with Crippen LogP contribution in [0.5, 0.6) is 0 Å². The summed E-state index contributed by atoms with van der Waals surface area (Å²) in [6, 6.07) is 0. The van der Waals surface area contributed by atoms with Crippen LogP contribution in [0.1, 0.15) is 38.5 Å². The molecule has 48 heavy (non-hydrogen) atoms. The fraction of sp³-hybridized carbons (Fsp3) is 0.950. The smallest absolute Gasteiger partial charge is 0.298 e. The topological polar surface area (TPSA) is 17.1 Å². The van der Waals surface area contributed by atoms with Gasteiger partial charge in [-0.25, -0.2) is 0 Å². The van der Waals surface area contributed by atoms with E-state index in [4.69, 9.17) is 0 Å². The molecule has 0 rings (SSSR count). The van der Waals surface area contributed by atoms with Crippen LogP contribution in [0.4, 0.5) is 114 Å². The zero-order chi connectivity index (χ0) is 39.4. The quantitative estimate of drug-likeness (QED) is 0.105. The summed E-state index contributed by atoms with van der Waals surface area (Å²) >= 11 is 2.18. The minimum Gasteiger partial charge on any atom is -0.298 e. The molecule has 0 aliphatic heterocycles. The van der Waals surface area contributed by atoms with Gasteiger partial charge in [0.05, 0.1) is 4.83 Å². The molecule has 0 bridgehead atoms. The number of Topliss-reactive ketones (excluding diaryl/α,β-unsaturated/α-hetero) is 1. The SMILES string of the molecule is O=C(CCCC(F)(F)C(F)(F)C(F)(F)C(F)(F)C(F)(F)C(F)(F)F)C(Br)CCCC(F)(F)C(F)(F)C(F)(F)C(F)(F)C(F)(F)C(F)(F)F. The average Bonchev–Trinajstić information content (AvgIpc) is 2.85. The van der Waals surface area contributed by atoms with Crippen molar-refractivity contribution in [3.05, 3.63) is 0 Å². The van der Waals surface area contributed by atoms with Crippen molar-refractivity contribution in [1.29, 1.82) is 0 Å². The van der Waals surface area contributed by atoms with Gasteiger partial charge in [-0.15, -0.1) is 0 Å². The van der Waals surface area contributed by atoms with Gasteiger partial charge in [0.2, 0.25) is 0 Å². The van der Waals surface area contributed by atoms with Crippen LogP contribution in [0.3, 0.4) is 0 Å². The van der Waals surface area contributed by atoms with E-state index < -0.39 is 121 Å². The lowest BCUT2D eigenvalue weighted by Gasteiger charge is -2.39. The second kappa shape index (κ2) is 13.1.